The maximum absolute atomic E-state index is 10.8. The van der Waals surface area contributed by atoms with Crippen LogP contribution in [0.3, 0.4) is 0 Å². The highest BCUT2D eigenvalue weighted by molar-refractivity contribution is 5.68. The van der Waals surface area contributed by atoms with Crippen LogP contribution in [-0.2, 0) is 11.2 Å². The summed E-state index contributed by atoms with van der Waals surface area (Å²) in [6, 6.07) is 0. The summed E-state index contributed by atoms with van der Waals surface area (Å²) in [6.07, 6.45) is 5.47. The summed E-state index contributed by atoms with van der Waals surface area (Å²) in [7, 11) is 0. The maximum Gasteiger partial charge on any atom is 0.303 e. The highest BCUT2D eigenvalue weighted by atomic mass is 16.5. The molecule has 0 radical (unpaired) electrons. The largest absolute Gasteiger partial charge is 0.481 e. The molecular weight excluding hydrogens is 206 g/mol. The van der Waals surface area contributed by atoms with E-state index in [1.807, 2.05) is 0 Å². The van der Waals surface area contributed by atoms with Crippen LogP contribution in [0.15, 0.2) is 4.52 Å². The molecule has 1 unspecified atom stereocenters. The van der Waals surface area contributed by atoms with Gasteiger partial charge in [-0.3, -0.25) is 4.79 Å². The van der Waals surface area contributed by atoms with E-state index in [0.29, 0.717) is 5.92 Å². The molecule has 1 aromatic rings. The van der Waals surface area contributed by atoms with E-state index in [4.69, 9.17) is 9.63 Å². The normalized spacial score (nSPS) is 24.1. The number of nitrogens with zero attached hydrogens (tertiary/aromatic N) is 1. The van der Waals surface area contributed by atoms with Crippen LogP contribution in [0.1, 0.15) is 61.0 Å². The fourth-order valence-electron chi connectivity index (χ4n) is 2.68. The quantitative estimate of drug-likeness (QED) is 0.851. The van der Waals surface area contributed by atoms with Gasteiger partial charge in [-0.25, -0.2) is 0 Å². The van der Waals surface area contributed by atoms with E-state index in [1.165, 1.54) is 12.8 Å². The van der Waals surface area contributed by atoms with E-state index in [9.17, 15) is 4.79 Å². The van der Waals surface area contributed by atoms with Crippen molar-refractivity contribution in [1.82, 2.24) is 5.16 Å². The first-order valence-corrected chi connectivity index (χ1v) is 5.96. The number of carboxylic acids is 1. The van der Waals surface area contributed by atoms with Crippen LogP contribution in [0, 0.1) is 0 Å². The first-order chi connectivity index (χ1) is 7.75. The third kappa shape index (κ3) is 1.62. The summed E-state index contributed by atoms with van der Waals surface area (Å²) in [5.41, 5.74) is 2.19. The minimum Gasteiger partial charge on any atom is -0.481 e. The number of carbonyl (C=O) groups is 1. The predicted octanol–water partition coefficient (Wildman–Crippen LogP) is 2.45. The Morgan fingerprint density at radius 1 is 1.44 bits per heavy atom. The van der Waals surface area contributed by atoms with E-state index in [1.54, 1.807) is 0 Å². The first kappa shape index (κ1) is 9.87. The van der Waals surface area contributed by atoms with E-state index in [2.05, 4.69) is 5.16 Å². The Hall–Kier alpha value is -1.32. The average Bonchev–Trinajstić information content (AvgIpc) is 2.98. The van der Waals surface area contributed by atoms with Crippen LogP contribution >= 0.6 is 0 Å². The molecule has 1 atom stereocenters. The smallest absolute Gasteiger partial charge is 0.303 e. The molecule has 0 bridgehead atoms. The highest BCUT2D eigenvalue weighted by Crippen LogP contribution is 2.46. The zero-order valence-corrected chi connectivity index (χ0v) is 9.11. The van der Waals surface area contributed by atoms with E-state index in [-0.39, 0.29) is 12.3 Å². The van der Waals surface area contributed by atoms with Gasteiger partial charge in [-0.15, -0.1) is 0 Å². The van der Waals surface area contributed by atoms with Gasteiger partial charge in [0, 0.05) is 17.9 Å². The number of aromatic nitrogens is 1. The lowest BCUT2D eigenvalue weighted by molar-refractivity contribution is -0.137. The molecule has 16 heavy (non-hydrogen) atoms. The van der Waals surface area contributed by atoms with Crippen LogP contribution < -0.4 is 0 Å². The van der Waals surface area contributed by atoms with Gasteiger partial charge in [0.1, 0.15) is 5.76 Å². The van der Waals surface area contributed by atoms with Gasteiger partial charge in [0.15, 0.2) is 0 Å². The molecule has 2 aliphatic rings. The fourth-order valence-corrected chi connectivity index (χ4v) is 2.68. The molecule has 1 saturated carbocycles. The Kier molecular flexibility index (Phi) is 2.23. The van der Waals surface area contributed by atoms with Gasteiger partial charge in [0.2, 0.25) is 0 Å². The Morgan fingerprint density at radius 3 is 2.94 bits per heavy atom. The van der Waals surface area contributed by atoms with Gasteiger partial charge in [0.25, 0.3) is 0 Å². The summed E-state index contributed by atoms with van der Waals surface area (Å²) in [4.78, 5) is 10.8. The summed E-state index contributed by atoms with van der Waals surface area (Å²) < 4.78 is 5.36. The number of carboxylic acid groups (broad SMARTS) is 1. The van der Waals surface area contributed by atoms with Crippen LogP contribution in [0.2, 0.25) is 0 Å². The van der Waals surface area contributed by atoms with Gasteiger partial charge in [-0.1, -0.05) is 5.16 Å². The summed E-state index contributed by atoms with van der Waals surface area (Å²) in [5.74, 6) is 0.894. The molecule has 0 spiro atoms. The second-order valence-electron chi connectivity index (χ2n) is 4.87. The molecule has 2 aliphatic carbocycles. The molecule has 1 heterocycles. The second-order valence-corrected chi connectivity index (χ2v) is 4.87. The van der Waals surface area contributed by atoms with Gasteiger partial charge in [-0.05, 0) is 31.6 Å². The van der Waals surface area contributed by atoms with Gasteiger partial charge < -0.3 is 9.63 Å². The van der Waals surface area contributed by atoms with Crippen molar-refractivity contribution < 1.29 is 14.4 Å². The molecular formula is C12H15NO3. The van der Waals surface area contributed by atoms with Gasteiger partial charge in [0.05, 0.1) is 12.1 Å². The maximum atomic E-state index is 10.8. The number of aliphatic carboxylic acids is 1. The summed E-state index contributed by atoms with van der Waals surface area (Å²) >= 11 is 0. The van der Waals surface area contributed by atoms with Crippen LogP contribution in [-0.4, -0.2) is 16.2 Å². The van der Waals surface area contributed by atoms with Crippen molar-refractivity contribution >= 4 is 5.97 Å². The number of aryl methyl sites for hydroxylation is 1. The zero-order chi connectivity index (χ0) is 11.1. The number of rotatable bonds is 3. The fraction of sp³-hybridized carbons (Fsp3) is 0.667. The molecule has 1 N–H and O–H groups in total. The molecule has 4 heteroatoms. The molecule has 0 saturated heterocycles. The lowest BCUT2D eigenvalue weighted by atomic mass is 9.83. The minimum atomic E-state index is -0.721. The third-order valence-corrected chi connectivity index (χ3v) is 3.58. The van der Waals surface area contributed by atoms with Crippen molar-refractivity contribution in [3.8, 4) is 0 Å². The molecule has 1 fully saturated rings. The topological polar surface area (TPSA) is 63.3 Å². The lowest BCUT2D eigenvalue weighted by Gasteiger charge is -2.20. The second kappa shape index (κ2) is 3.61. The van der Waals surface area contributed by atoms with Crippen molar-refractivity contribution in [3.05, 3.63) is 17.0 Å². The number of hydrogen-bond acceptors (Lipinski definition) is 3. The first-order valence-electron chi connectivity index (χ1n) is 5.96. The molecule has 0 amide bonds. The van der Waals surface area contributed by atoms with Gasteiger partial charge in [-0.2, -0.15) is 0 Å². The minimum absolute atomic E-state index is 0.128. The molecule has 0 aromatic carbocycles. The molecule has 0 aliphatic heterocycles. The van der Waals surface area contributed by atoms with Crippen molar-refractivity contribution in [2.75, 3.05) is 0 Å². The van der Waals surface area contributed by atoms with Crippen LogP contribution in [0.25, 0.3) is 0 Å². The lowest BCUT2D eigenvalue weighted by Crippen LogP contribution is -2.13. The van der Waals surface area contributed by atoms with E-state index < -0.39 is 5.97 Å². The van der Waals surface area contributed by atoms with Gasteiger partial charge >= 0.3 is 5.97 Å². The molecule has 1 aromatic heterocycles. The Bertz CT molecular complexity index is 420. The summed E-state index contributed by atoms with van der Waals surface area (Å²) in [6.45, 7) is 0. The Labute approximate surface area is 93.6 Å². The van der Waals surface area contributed by atoms with Crippen molar-refractivity contribution in [2.24, 2.45) is 0 Å². The van der Waals surface area contributed by atoms with E-state index in [0.717, 1.165) is 36.3 Å². The Balaban J connectivity index is 1.94. The van der Waals surface area contributed by atoms with E-state index >= 15 is 0 Å². The van der Waals surface area contributed by atoms with Crippen molar-refractivity contribution in [3.63, 3.8) is 0 Å². The number of hydrogen-bond donors (Lipinski definition) is 1. The third-order valence-electron chi connectivity index (χ3n) is 3.58. The average molecular weight is 221 g/mol. The van der Waals surface area contributed by atoms with Crippen LogP contribution in [0.5, 0.6) is 0 Å². The zero-order valence-electron chi connectivity index (χ0n) is 9.11. The predicted molar refractivity (Wildman–Crippen MR) is 56.4 cm³/mol. The van der Waals surface area contributed by atoms with Crippen molar-refractivity contribution in [2.45, 2.75) is 50.4 Å². The SMILES string of the molecule is O=C(O)CC1CCCc2onc(C3CC3)c21. The molecule has 4 nitrogen and oxygen atoms in total. The highest BCUT2D eigenvalue weighted by Gasteiger charge is 2.36. The summed E-state index contributed by atoms with van der Waals surface area (Å²) in [5, 5.41) is 13.1. The standard InChI is InChI=1S/C12H15NO3/c14-10(15)6-8-2-1-3-9-11(8)12(13-16-9)7-4-5-7/h7-8H,1-6H2,(H,14,15). The van der Waals surface area contributed by atoms with Crippen molar-refractivity contribution in [1.29, 1.82) is 0 Å². The number of fused-ring (bicyclic) bond motifs is 1. The monoisotopic (exact) mass is 221 g/mol. The van der Waals surface area contributed by atoms with Crippen LogP contribution in [0.4, 0.5) is 0 Å². The molecule has 86 valence electrons. The Morgan fingerprint density at radius 2 is 2.25 bits per heavy atom. The molecule has 3 rings (SSSR count).